The van der Waals surface area contributed by atoms with Crippen molar-refractivity contribution in [3.63, 3.8) is 0 Å². The van der Waals surface area contributed by atoms with E-state index >= 15 is 0 Å². The maximum Gasteiger partial charge on any atom is 0.410 e. The molecule has 1 saturated heterocycles. The SMILES string of the molecule is COc1ccc(CNC(=O)C2CCCN2C(=O)OC(C)(C)C)c(C)c1C. The molecule has 1 aliphatic rings. The normalized spacial score (nSPS) is 17.2. The van der Waals surface area contributed by atoms with E-state index in [1.165, 1.54) is 4.90 Å². The highest BCUT2D eigenvalue weighted by molar-refractivity contribution is 5.86. The Balaban J connectivity index is 2.01. The third-order valence-corrected chi connectivity index (χ3v) is 4.71. The minimum Gasteiger partial charge on any atom is -0.496 e. The molecule has 0 aliphatic carbocycles. The highest BCUT2D eigenvalue weighted by atomic mass is 16.6. The van der Waals surface area contributed by atoms with Gasteiger partial charge in [-0.1, -0.05) is 6.07 Å². The fourth-order valence-corrected chi connectivity index (χ4v) is 3.14. The summed E-state index contributed by atoms with van der Waals surface area (Å²) in [6, 6.07) is 3.40. The molecule has 2 amide bonds. The summed E-state index contributed by atoms with van der Waals surface area (Å²) in [4.78, 5) is 26.5. The Morgan fingerprint density at radius 3 is 2.54 bits per heavy atom. The van der Waals surface area contributed by atoms with E-state index < -0.39 is 17.7 Å². The predicted molar refractivity (Wildman–Crippen MR) is 100 cm³/mol. The summed E-state index contributed by atoms with van der Waals surface area (Å²) in [5.74, 6) is 0.700. The number of nitrogens with zero attached hydrogens (tertiary/aromatic N) is 1. The minimum absolute atomic E-state index is 0.138. The maximum absolute atomic E-state index is 12.6. The third-order valence-electron chi connectivity index (χ3n) is 4.71. The van der Waals surface area contributed by atoms with Crippen molar-refractivity contribution in [2.24, 2.45) is 0 Å². The second-order valence-electron chi connectivity index (χ2n) is 7.73. The van der Waals surface area contributed by atoms with Crippen LogP contribution in [0, 0.1) is 13.8 Å². The summed E-state index contributed by atoms with van der Waals surface area (Å²) in [5.41, 5.74) is 2.63. The molecule has 1 aromatic rings. The van der Waals surface area contributed by atoms with Crippen molar-refractivity contribution < 1.29 is 19.1 Å². The Morgan fingerprint density at radius 1 is 1.23 bits per heavy atom. The van der Waals surface area contributed by atoms with Crippen molar-refractivity contribution in [1.82, 2.24) is 10.2 Å². The fourth-order valence-electron chi connectivity index (χ4n) is 3.14. The van der Waals surface area contributed by atoms with Crippen LogP contribution in [-0.2, 0) is 16.1 Å². The van der Waals surface area contributed by atoms with Crippen molar-refractivity contribution in [1.29, 1.82) is 0 Å². The zero-order valence-electron chi connectivity index (χ0n) is 16.6. The molecule has 1 N–H and O–H groups in total. The van der Waals surface area contributed by atoms with E-state index in [-0.39, 0.29) is 5.91 Å². The molecular formula is C20H30N2O4. The first-order chi connectivity index (χ1) is 12.1. The van der Waals surface area contributed by atoms with E-state index in [2.05, 4.69) is 5.32 Å². The molecule has 6 nitrogen and oxygen atoms in total. The molecule has 1 aromatic carbocycles. The van der Waals surface area contributed by atoms with Crippen LogP contribution in [0.1, 0.15) is 50.3 Å². The van der Waals surface area contributed by atoms with Crippen LogP contribution in [0.25, 0.3) is 0 Å². The number of carbonyl (C=O) groups excluding carboxylic acids is 2. The molecule has 1 fully saturated rings. The first-order valence-electron chi connectivity index (χ1n) is 9.04. The van der Waals surface area contributed by atoms with Gasteiger partial charge in [0.25, 0.3) is 0 Å². The van der Waals surface area contributed by atoms with Crippen molar-refractivity contribution in [3.05, 3.63) is 28.8 Å². The molecular weight excluding hydrogens is 332 g/mol. The average Bonchev–Trinajstić information content (AvgIpc) is 3.04. The lowest BCUT2D eigenvalue weighted by Gasteiger charge is -2.28. The lowest BCUT2D eigenvalue weighted by atomic mass is 10.0. The second kappa shape index (κ2) is 7.98. The Labute approximate surface area is 155 Å². The molecule has 1 aliphatic heterocycles. The van der Waals surface area contributed by atoms with Crippen molar-refractivity contribution >= 4 is 12.0 Å². The van der Waals surface area contributed by atoms with Gasteiger partial charge in [-0.15, -0.1) is 0 Å². The highest BCUT2D eigenvalue weighted by Crippen LogP contribution is 2.24. The van der Waals surface area contributed by atoms with Crippen LogP contribution in [0.5, 0.6) is 5.75 Å². The molecule has 6 heteroatoms. The van der Waals surface area contributed by atoms with Crippen LogP contribution >= 0.6 is 0 Å². The van der Waals surface area contributed by atoms with Crippen LogP contribution < -0.4 is 10.1 Å². The number of methoxy groups -OCH3 is 1. The van der Waals surface area contributed by atoms with Crippen LogP contribution in [0.4, 0.5) is 4.79 Å². The third kappa shape index (κ3) is 4.68. The molecule has 0 saturated carbocycles. The van der Waals surface area contributed by atoms with Gasteiger partial charge in [0.1, 0.15) is 17.4 Å². The molecule has 1 atom stereocenters. The van der Waals surface area contributed by atoms with Gasteiger partial charge in [0.15, 0.2) is 0 Å². The van der Waals surface area contributed by atoms with Gasteiger partial charge in [-0.2, -0.15) is 0 Å². The lowest BCUT2D eigenvalue weighted by molar-refractivity contribution is -0.125. The summed E-state index contributed by atoms with van der Waals surface area (Å²) in [5, 5.41) is 2.96. The molecule has 0 spiro atoms. The predicted octanol–water partition coefficient (Wildman–Crippen LogP) is 3.33. The summed E-state index contributed by atoms with van der Waals surface area (Å²) >= 11 is 0. The van der Waals surface area contributed by atoms with Crippen LogP contribution in [0.2, 0.25) is 0 Å². The maximum atomic E-state index is 12.6. The van der Waals surface area contributed by atoms with Crippen LogP contribution in [0.15, 0.2) is 12.1 Å². The number of hydrogen-bond acceptors (Lipinski definition) is 4. The van der Waals surface area contributed by atoms with Gasteiger partial charge < -0.3 is 14.8 Å². The van der Waals surface area contributed by atoms with Gasteiger partial charge in [0.2, 0.25) is 5.91 Å². The number of likely N-dealkylation sites (tertiary alicyclic amines) is 1. The first kappa shape index (κ1) is 20.1. The van der Waals surface area contributed by atoms with Gasteiger partial charge >= 0.3 is 6.09 Å². The van der Waals surface area contributed by atoms with Gasteiger partial charge in [0, 0.05) is 13.1 Å². The standard InChI is InChI=1S/C20H30N2O4/c1-13-14(2)17(25-6)10-9-15(13)12-21-18(23)16-8-7-11-22(16)19(24)26-20(3,4)5/h9-10,16H,7-8,11-12H2,1-6H3,(H,21,23). The van der Waals surface area contributed by atoms with Gasteiger partial charge in [-0.3, -0.25) is 9.69 Å². The van der Waals surface area contributed by atoms with E-state index in [4.69, 9.17) is 9.47 Å². The first-order valence-corrected chi connectivity index (χ1v) is 9.04. The molecule has 1 heterocycles. The average molecular weight is 362 g/mol. The zero-order chi connectivity index (χ0) is 19.5. The van der Waals surface area contributed by atoms with Gasteiger partial charge in [0.05, 0.1) is 7.11 Å². The number of hydrogen-bond donors (Lipinski definition) is 1. The summed E-state index contributed by atoms with van der Waals surface area (Å²) in [7, 11) is 1.65. The molecule has 0 bridgehead atoms. The Bertz CT molecular complexity index is 679. The Kier molecular flexibility index (Phi) is 6.16. The van der Waals surface area contributed by atoms with Crippen molar-refractivity contribution in [2.75, 3.05) is 13.7 Å². The monoisotopic (exact) mass is 362 g/mol. The number of ether oxygens (including phenoxy) is 2. The van der Waals surface area contributed by atoms with Gasteiger partial charge in [-0.25, -0.2) is 4.79 Å². The summed E-state index contributed by atoms with van der Waals surface area (Å²) in [6.07, 6.45) is 1.04. The number of nitrogens with one attached hydrogen (secondary N) is 1. The van der Waals surface area contributed by atoms with E-state index in [0.717, 1.165) is 28.9 Å². The molecule has 0 aromatic heterocycles. The Morgan fingerprint density at radius 2 is 1.92 bits per heavy atom. The largest absolute Gasteiger partial charge is 0.496 e. The molecule has 2 rings (SSSR count). The Hall–Kier alpha value is -2.24. The number of carbonyl (C=O) groups is 2. The molecule has 1 unspecified atom stereocenters. The smallest absolute Gasteiger partial charge is 0.410 e. The van der Waals surface area contributed by atoms with Crippen molar-refractivity contribution in [3.8, 4) is 5.75 Å². The van der Waals surface area contributed by atoms with Gasteiger partial charge in [-0.05, 0) is 70.2 Å². The molecule has 144 valence electrons. The molecule has 0 radical (unpaired) electrons. The lowest BCUT2D eigenvalue weighted by Crippen LogP contribution is -2.47. The summed E-state index contributed by atoms with van der Waals surface area (Å²) < 4.78 is 10.7. The quantitative estimate of drug-likeness (QED) is 0.892. The van der Waals surface area contributed by atoms with E-state index in [0.29, 0.717) is 19.5 Å². The topological polar surface area (TPSA) is 67.9 Å². The van der Waals surface area contributed by atoms with Crippen LogP contribution in [-0.4, -0.2) is 42.2 Å². The second-order valence-corrected chi connectivity index (χ2v) is 7.73. The minimum atomic E-state index is -0.571. The zero-order valence-corrected chi connectivity index (χ0v) is 16.6. The van der Waals surface area contributed by atoms with E-state index in [1.807, 2.05) is 46.8 Å². The summed E-state index contributed by atoms with van der Waals surface area (Å²) in [6.45, 7) is 10.5. The molecule has 26 heavy (non-hydrogen) atoms. The van der Waals surface area contributed by atoms with Crippen molar-refractivity contribution in [2.45, 2.75) is 65.6 Å². The number of rotatable bonds is 4. The fraction of sp³-hybridized carbons (Fsp3) is 0.600. The highest BCUT2D eigenvalue weighted by Gasteiger charge is 2.36. The van der Waals surface area contributed by atoms with E-state index in [9.17, 15) is 9.59 Å². The number of amides is 2. The van der Waals surface area contributed by atoms with E-state index in [1.54, 1.807) is 7.11 Å². The van der Waals surface area contributed by atoms with Crippen LogP contribution in [0.3, 0.4) is 0 Å². The number of benzene rings is 1.